The molecule has 17 heavy (non-hydrogen) atoms. The summed E-state index contributed by atoms with van der Waals surface area (Å²) in [5.74, 6) is 0.551. The molecule has 0 fully saturated rings. The van der Waals surface area contributed by atoms with Gasteiger partial charge in [0.05, 0.1) is 13.0 Å². The van der Waals surface area contributed by atoms with E-state index in [1.54, 1.807) is 14.0 Å². The van der Waals surface area contributed by atoms with E-state index in [1.807, 2.05) is 36.4 Å². The maximum absolute atomic E-state index is 11.1. The second-order valence-electron chi connectivity index (χ2n) is 4.00. The summed E-state index contributed by atoms with van der Waals surface area (Å²) in [6.07, 6.45) is 0. The van der Waals surface area contributed by atoms with Crippen molar-refractivity contribution in [2.24, 2.45) is 0 Å². The Hall–Kier alpha value is -1.54. The van der Waals surface area contributed by atoms with Gasteiger partial charge in [0.1, 0.15) is 5.75 Å². The minimum atomic E-state index is -0.335. The molecule has 0 saturated heterocycles. The van der Waals surface area contributed by atoms with Crippen LogP contribution in [0.4, 0.5) is 0 Å². The maximum Gasteiger partial charge on any atom is 0.228 e. The largest absolute Gasteiger partial charge is 0.497 e. The first kappa shape index (κ1) is 11.9. The lowest BCUT2D eigenvalue weighted by atomic mass is 9.99. The molecule has 0 saturated carbocycles. The number of ether oxygens (including phenoxy) is 1. The molecule has 88 valence electrons. The summed E-state index contributed by atoms with van der Waals surface area (Å²) in [5, 5.41) is 1.83. The van der Waals surface area contributed by atoms with E-state index < -0.39 is 0 Å². The number of halogens is 1. The fourth-order valence-corrected chi connectivity index (χ4v) is 1.90. The van der Waals surface area contributed by atoms with Gasteiger partial charge in [-0.1, -0.05) is 31.2 Å². The SMILES string of the molecule is COc1ccc2cc([C@@H](C)C(=O)Cl)ccc2c1. The molecule has 2 nitrogen and oxygen atoms in total. The average Bonchev–Trinajstić information content (AvgIpc) is 2.36. The van der Waals surface area contributed by atoms with Crippen molar-refractivity contribution in [3.05, 3.63) is 42.0 Å². The highest BCUT2D eigenvalue weighted by Gasteiger charge is 2.12. The molecule has 2 aromatic carbocycles. The van der Waals surface area contributed by atoms with Crippen LogP contribution in [-0.2, 0) is 4.79 Å². The molecule has 2 aromatic rings. The Kier molecular flexibility index (Phi) is 3.34. The van der Waals surface area contributed by atoms with Gasteiger partial charge >= 0.3 is 0 Å². The Bertz CT molecular complexity index is 563. The van der Waals surface area contributed by atoms with Crippen LogP contribution in [0.1, 0.15) is 18.4 Å². The maximum atomic E-state index is 11.1. The van der Waals surface area contributed by atoms with Crippen LogP contribution in [0.25, 0.3) is 10.8 Å². The summed E-state index contributed by atoms with van der Waals surface area (Å²) in [4.78, 5) is 11.1. The van der Waals surface area contributed by atoms with Crippen molar-refractivity contribution in [2.75, 3.05) is 7.11 Å². The number of benzene rings is 2. The van der Waals surface area contributed by atoms with Gasteiger partial charge < -0.3 is 4.74 Å². The van der Waals surface area contributed by atoms with Gasteiger partial charge in [-0.2, -0.15) is 0 Å². The molecule has 0 aromatic heterocycles. The Morgan fingerprint density at radius 1 is 1.18 bits per heavy atom. The van der Waals surface area contributed by atoms with Crippen LogP contribution < -0.4 is 4.74 Å². The predicted molar refractivity (Wildman–Crippen MR) is 69.8 cm³/mol. The Morgan fingerprint density at radius 2 is 1.82 bits per heavy atom. The van der Waals surface area contributed by atoms with E-state index in [0.29, 0.717) is 0 Å². The Morgan fingerprint density at radius 3 is 2.47 bits per heavy atom. The third-order valence-electron chi connectivity index (χ3n) is 2.91. The number of fused-ring (bicyclic) bond motifs is 1. The van der Waals surface area contributed by atoms with Crippen LogP contribution in [0, 0.1) is 0 Å². The third-order valence-corrected chi connectivity index (χ3v) is 3.24. The molecule has 0 aliphatic rings. The number of hydrogen-bond acceptors (Lipinski definition) is 2. The molecule has 0 N–H and O–H groups in total. The van der Waals surface area contributed by atoms with Gasteiger partial charge in [-0.15, -0.1) is 0 Å². The zero-order chi connectivity index (χ0) is 12.4. The molecule has 0 aliphatic carbocycles. The fourth-order valence-electron chi connectivity index (χ4n) is 1.77. The molecule has 1 atom stereocenters. The molecular weight excluding hydrogens is 236 g/mol. The molecule has 3 heteroatoms. The average molecular weight is 249 g/mol. The van der Waals surface area contributed by atoms with Crippen molar-refractivity contribution in [2.45, 2.75) is 12.8 Å². The predicted octanol–water partition coefficient (Wildman–Crippen LogP) is 3.72. The summed E-state index contributed by atoms with van der Waals surface area (Å²) in [6, 6.07) is 11.7. The lowest BCUT2D eigenvalue weighted by Gasteiger charge is -2.08. The highest BCUT2D eigenvalue weighted by atomic mass is 35.5. The van der Waals surface area contributed by atoms with Crippen molar-refractivity contribution < 1.29 is 9.53 Å². The van der Waals surface area contributed by atoms with Crippen LogP contribution in [0.15, 0.2) is 36.4 Å². The van der Waals surface area contributed by atoms with E-state index in [-0.39, 0.29) is 11.2 Å². The number of hydrogen-bond donors (Lipinski definition) is 0. The van der Waals surface area contributed by atoms with E-state index >= 15 is 0 Å². The van der Waals surface area contributed by atoms with Gasteiger partial charge in [0, 0.05) is 0 Å². The summed E-state index contributed by atoms with van der Waals surface area (Å²) in [7, 11) is 1.64. The van der Waals surface area contributed by atoms with E-state index in [2.05, 4.69) is 0 Å². The highest BCUT2D eigenvalue weighted by molar-refractivity contribution is 6.64. The van der Waals surface area contributed by atoms with Crippen LogP contribution in [0.5, 0.6) is 5.75 Å². The standard InChI is InChI=1S/C14H13ClO2/c1-9(14(15)16)10-3-4-12-8-13(17-2)6-5-11(12)7-10/h3-9H,1-2H3/t9-/m1/s1. The quantitative estimate of drug-likeness (QED) is 0.774. The lowest BCUT2D eigenvalue weighted by molar-refractivity contribution is -0.112. The minimum absolute atomic E-state index is 0.275. The van der Waals surface area contributed by atoms with Gasteiger partial charge in [0.15, 0.2) is 0 Å². The topological polar surface area (TPSA) is 26.3 Å². The number of methoxy groups -OCH3 is 1. The fraction of sp³-hybridized carbons (Fsp3) is 0.214. The second kappa shape index (κ2) is 4.76. The molecule has 0 aliphatic heterocycles. The molecule has 0 spiro atoms. The number of carbonyl (C=O) groups excluding carboxylic acids is 1. The van der Waals surface area contributed by atoms with Gasteiger partial charge in [0.2, 0.25) is 5.24 Å². The summed E-state index contributed by atoms with van der Waals surface area (Å²) >= 11 is 5.50. The van der Waals surface area contributed by atoms with E-state index in [4.69, 9.17) is 16.3 Å². The van der Waals surface area contributed by atoms with Gasteiger partial charge in [-0.25, -0.2) is 0 Å². The van der Waals surface area contributed by atoms with Crippen molar-refractivity contribution in [3.8, 4) is 5.75 Å². The van der Waals surface area contributed by atoms with Crippen molar-refractivity contribution in [1.29, 1.82) is 0 Å². The van der Waals surface area contributed by atoms with Crippen molar-refractivity contribution >= 4 is 27.6 Å². The monoisotopic (exact) mass is 248 g/mol. The first-order valence-corrected chi connectivity index (χ1v) is 5.76. The van der Waals surface area contributed by atoms with Crippen molar-refractivity contribution in [3.63, 3.8) is 0 Å². The van der Waals surface area contributed by atoms with Crippen LogP contribution in [-0.4, -0.2) is 12.4 Å². The Balaban J connectivity index is 2.48. The van der Waals surface area contributed by atoms with Crippen LogP contribution in [0.2, 0.25) is 0 Å². The molecule has 0 amide bonds. The molecule has 0 radical (unpaired) electrons. The highest BCUT2D eigenvalue weighted by Crippen LogP contribution is 2.25. The Labute approximate surface area is 105 Å². The molecule has 0 bridgehead atoms. The molecular formula is C14H13ClO2. The summed E-state index contributed by atoms with van der Waals surface area (Å²) < 4.78 is 5.16. The number of carbonyl (C=O) groups is 1. The lowest BCUT2D eigenvalue weighted by Crippen LogP contribution is -2.01. The van der Waals surface area contributed by atoms with Crippen LogP contribution >= 0.6 is 11.6 Å². The molecule has 0 heterocycles. The number of rotatable bonds is 3. The van der Waals surface area contributed by atoms with E-state index in [0.717, 1.165) is 22.1 Å². The zero-order valence-electron chi connectivity index (χ0n) is 9.74. The summed E-state index contributed by atoms with van der Waals surface area (Å²) in [6.45, 7) is 1.81. The van der Waals surface area contributed by atoms with Crippen molar-refractivity contribution in [1.82, 2.24) is 0 Å². The third kappa shape index (κ3) is 2.42. The van der Waals surface area contributed by atoms with Gasteiger partial charge in [0.25, 0.3) is 0 Å². The molecule has 0 unspecified atom stereocenters. The summed E-state index contributed by atoms with van der Waals surface area (Å²) in [5.41, 5.74) is 0.933. The molecule has 2 rings (SSSR count). The van der Waals surface area contributed by atoms with Crippen LogP contribution in [0.3, 0.4) is 0 Å². The first-order valence-electron chi connectivity index (χ1n) is 5.39. The minimum Gasteiger partial charge on any atom is -0.497 e. The van der Waals surface area contributed by atoms with E-state index in [9.17, 15) is 4.79 Å². The zero-order valence-corrected chi connectivity index (χ0v) is 10.5. The second-order valence-corrected chi connectivity index (χ2v) is 4.37. The van der Waals surface area contributed by atoms with Gasteiger partial charge in [-0.05, 0) is 40.1 Å². The first-order chi connectivity index (χ1) is 8.11. The smallest absolute Gasteiger partial charge is 0.228 e. The normalized spacial score (nSPS) is 12.4. The van der Waals surface area contributed by atoms with Gasteiger partial charge in [-0.3, -0.25) is 4.79 Å². The van der Waals surface area contributed by atoms with E-state index in [1.165, 1.54) is 0 Å².